The van der Waals surface area contributed by atoms with Crippen LogP contribution < -0.4 is 15.8 Å². The Hall–Kier alpha value is -5.31. The van der Waals surface area contributed by atoms with Gasteiger partial charge in [0.05, 0.1) is 29.3 Å². The number of benzene rings is 2. The summed E-state index contributed by atoms with van der Waals surface area (Å²) in [5, 5.41) is 23.5. The number of fused-ring (bicyclic) bond motifs is 3. The van der Waals surface area contributed by atoms with Crippen LogP contribution in [0.2, 0.25) is 0 Å². The third-order valence-corrected chi connectivity index (χ3v) is 8.13. The van der Waals surface area contributed by atoms with Gasteiger partial charge in [-0.05, 0) is 84.2 Å². The molecule has 48 heavy (non-hydrogen) atoms. The lowest BCUT2D eigenvalue weighted by atomic mass is 10.0. The molecule has 1 aliphatic rings. The summed E-state index contributed by atoms with van der Waals surface area (Å²) >= 11 is 0. The number of pyridine rings is 1. The van der Waals surface area contributed by atoms with Crippen LogP contribution in [0, 0.1) is 11.3 Å². The monoisotopic (exact) mass is 655 g/mol. The van der Waals surface area contributed by atoms with Crippen molar-refractivity contribution in [1.29, 1.82) is 5.26 Å². The molecule has 1 amide bonds. The zero-order chi connectivity index (χ0) is 35.1. The van der Waals surface area contributed by atoms with Crippen LogP contribution >= 0.6 is 0 Å². The van der Waals surface area contributed by atoms with Gasteiger partial charge in [0.2, 0.25) is 0 Å². The summed E-state index contributed by atoms with van der Waals surface area (Å²) in [5.74, 6) is -1.47. The van der Waals surface area contributed by atoms with Crippen LogP contribution in [0.15, 0.2) is 47.3 Å². The first kappa shape index (κ1) is 34.0. The van der Waals surface area contributed by atoms with E-state index >= 15 is 0 Å². The van der Waals surface area contributed by atoms with Crippen molar-refractivity contribution < 1.29 is 29.0 Å². The van der Waals surface area contributed by atoms with Gasteiger partial charge in [0.1, 0.15) is 28.1 Å². The number of anilines is 1. The van der Waals surface area contributed by atoms with Gasteiger partial charge in [-0.3, -0.25) is 4.79 Å². The van der Waals surface area contributed by atoms with Gasteiger partial charge in [0, 0.05) is 37.0 Å². The molecule has 252 valence electrons. The fourth-order valence-corrected chi connectivity index (χ4v) is 6.23. The highest BCUT2D eigenvalue weighted by atomic mass is 16.6. The molecule has 0 unspecified atom stereocenters. The van der Waals surface area contributed by atoms with Gasteiger partial charge < -0.3 is 33.9 Å². The maximum absolute atomic E-state index is 14.4. The minimum Gasteiger partial charge on any atom is -0.478 e. The lowest BCUT2D eigenvalue weighted by Gasteiger charge is -2.36. The van der Waals surface area contributed by atoms with Gasteiger partial charge in [0.25, 0.3) is 5.56 Å². The normalized spacial score (nSPS) is 15.3. The maximum atomic E-state index is 14.4. The molecule has 0 aliphatic carbocycles. The van der Waals surface area contributed by atoms with Gasteiger partial charge in [0.15, 0.2) is 0 Å². The quantitative estimate of drug-likeness (QED) is 0.254. The van der Waals surface area contributed by atoms with E-state index < -0.39 is 34.8 Å². The van der Waals surface area contributed by atoms with Crippen LogP contribution in [0.3, 0.4) is 0 Å². The van der Waals surface area contributed by atoms with E-state index in [2.05, 4.69) is 11.4 Å². The number of nitrogens with one attached hydrogen (secondary N) is 1. The van der Waals surface area contributed by atoms with Gasteiger partial charge in [-0.15, -0.1) is 0 Å². The van der Waals surface area contributed by atoms with Crippen molar-refractivity contribution >= 4 is 45.7 Å². The van der Waals surface area contributed by atoms with Gasteiger partial charge >= 0.3 is 18.0 Å². The molecule has 2 N–H and O–H groups in total. The number of aromatic carboxylic acids is 1. The summed E-state index contributed by atoms with van der Waals surface area (Å²) in [6.45, 7) is 11.4. The molecule has 2 aromatic heterocycles. The number of esters is 1. The topological polar surface area (TPSA) is 156 Å². The molecule has 2 aromatic carbocycles. The third-order valence-electron chi connectivity index (χ3n) is 8.13. The number of carboxylic acid groups (broad SMARTS) is 1. The predicted molar refractivity (Wildman–Crippen MR) is 182 cm³/mol. The molecular weight excluding hydrogens is 614 g/mol. The molecule has 0 radical (unpaired) electrons. The number of carbonyl (C=O) groups excluding carboxylic acids is 2. The Morgan fingerprint density at radius 1 is 1.04 bits per heavy atom. The highest BCUT2D eigenvalue weighted by Crippen LogP contribution is 2.39. The lowest BCUT2D eigenvalue weighted by molar-refractivity contribution is 0.00716. The highest BCUT2D eigenvalue weighted by Gasteiger charge is 2.35. The minimum absolute atomic E-state index is 0.0127. The number of nitrogens with zero attached hydrogens (tertiary/aromatic N) is 4. The number of rotatable bonds is 6. The summed E-state index contributed by atoms with van der Waals surface area (Å²) in [4.78, 5) is 55.6. The molecule has 12 nitrogen and oxygen atoms in total. The average molecular weight is 656 g/mol. The molecule has 1 fully saturated rings. The summed E-state index contributed by atoms with van der Waals surface area (Å²) in [5.41, 5.74) is -0.288. The zero-order valence-corrected chi connectivity index (χ0v) is 28.3. The van der Waals surface area contributed by atoms with E-state index in [-0.39, 0.29) is 41.2 Å². The van der Waals surface area contributed by atoms with Crippen molar-refractivity contribution in [3.05, 3.63) is 75.1 Å². The SMILES string of the molecule is Cn1c(=O)c2c(c(C(=O)OC(C)(C)C)c(N3CCC[C@@H](NC(=O)OC(C)(C)C)C3)n2Cc2ccccc2C#N)c2cc(C(=O)O)ccc21. The molecule has 1 aliphatic heterocycles. The molecule has 1 saturated heterocycles. The molecule has 5 rings (SSSR count). The van der Waals surface area contributed by atoms with Crippen molar-refractivity contribution in [1.82, 2.24) is 14.5 Å². The van der Waals surface area contributed by atoms with Crippen molar-refractivity contribution in [3.63, 3.8) is 0 Å². The van der Waals surface area contributed by atoms with Crippen molar-refractivity contribution in [2.75, 3.05) is 18.0 Å². The highest BCUT2D eigenvalue weighted by molar-refractivity contribution is 6.19. The Morgan fingerprint density at radius 2 is 1.73 bits per heavy atom. The number of carboxylic acids is 1. The fourth-order valence-electron chi connectivity index (χ4n) is 6.23. The van der Waals surface area contributed by atoms with Gasteiger partial charge in [-0.25, -0.2) is 14.4 Å². The number of piperidine rings is 1. The Kier molecular flexibility index (Phi) is 9.01. The van der Waals surface area contributed by atoms with Crippen molar-refractivity contribution in [2.24, 2.45) is 7.05 Å². The number of amides is 1. The first-order valence-corrected chi connectivity index (χ1v) is 15.9. The van der Waals surface area contributed by atoms with Crippen molar-refractivity contribution in [3.8, 4) is 6.07 Å². The second-order valence-electron chi connectivity index (χ2n) is 14.1. The number of aryl methyl sites for hydroxylation is 1. The summed E-state index contributed by atoms with van der Waals surface area (Å²) in [6, 6.07) is 13.3. The largest absolute Gasteiger partial charge is 0.478 e. The van der Waals surface area contributed by atoms with Crippen LogP contribution in [-0.2, 0) is 23.1 Å². The number of nitriles is 1. The van der Waals surface area contributed by atoms with Crippen LogP contribution in [0.4, 0.5) is 10.6 Å². The Balaban J connectivity index is 1.85. The standard InChI is InChI=1S/C36H41N5O7/c1-35(2,3)47-33(45)28-27-25-17-21(32(43)44)14-15-26(25)39(7)31(42)29(27)41(19-23-12-9-8-11-22(23)18-37)30(28)40-16-10-13-24(20-40)38-34(46)48-36(4,5)6/h8-9,11-12,14-15,17,24H,10,13,16,19-20H2,1-7H3,(H,38,46)(H,43,44)/t24-/m1/s1. The van der Waals surface area contributed by atoms with E-state index in [0.29, 0.717) is 47.2 Å². The van der Waals surface area contributed by atoms with Gasteiger partial charge in [-0.2, -0.15) is 5.26 Å². The molecule has 0 spiro atoms. The first-order valence-electron chi connectivity index (χ1n) is 15.9. The van der Waals surface area contributed by atoms with Crippen LogP contribution in [0.25, 0.3) is 21.8 Å². The molecule has 12 heteroatoms. The van der Waals surface area contributed by atoms with Crippen molar-refractivity contribution in [2.45, 2.75) is 78.2 Å². The number of hydrogen-bond donors (Lipinski definition) is 2. The number of alkyl carbamates (subject to hydrolysis) is 1. The first-order chi connectivity index (χ1) is 22.5. The van der Waals surface area contributed by atoms with E-state index in [1.165, 1.54) is 16.7 Å². The molecule has 1 atom stereocenters. The molecular formula is C36H41N5O7. The van der Waals surface area contributed by atoms with E-state index in [4.69, 9.17) is 9.47 Å². The number of aromatic nitrogens is 2. The Bertz CT molecular complexity index is 2040. The van der Waals surface area contributed by atoms with Crippen LogP contribution in [-0.4, -0.2) is 62.6 Å². The zero-order valence-electron chi connectivity index (χ0n) is 28.3. The molecule has 0 bridgehead atoms. The summed E-state index contributed by atoms with van der Waals surface area (Å²) < 4.78 is 14.6. The molecule has 4 aromatic rings. The van der Waals surface area contributed by atoms with E-state index in [0.717, 1.165) is 0 Å². The van der Waals surface area contributed by atoms with Gasteiger partial charge in [-0.1, -0.05) is 18.2 Å². The number of ether oxygens (including phenoxy) is 2. The predicted octanol–water partition coefficient (Wildman–Crippen LogP) is 5.56. The second-order valence-corrected chi connectivity index (χ2v) is 14.1. The smallest absolute Gasteiger partial charge is 0.407 e. The minimum atomic E-state index is -1.16. The van der Waals surface area contributed by atoms with Crippen LogP contribution in [0.5, 0.6) is 0 Å². The second kappa shape index (κ2) is 12.7. The lowest BCUT2D eigenvalue weighted by Crippen LogP contribution is -2.49. The Labute approximate surface area is 278 Å². The van der Waals surface area contributed by atoms with E-state index in [9.17, 15) is 29.5 Å². The number of carbonyl (C=O) groups is 3. The molecule has 0 saturated carbocycles. The number of hydrogen-bond acceptors (Lipinski definition) is 8. The van der Waals surface area contributed by atoms with E-state index in [1.54, 1.807) is 83.5 Å². The maximum Gasteiger partial charge on any atom is 0.407 e. The molecule has 3 heterocycles. The third kappa shape index (κ3) is 6.86. The van der Waals surface area contributed by atoms with Crippen LogP contribution in [0.1, 0.15) is 86.2 Å². The summed E-state index contributed by atoms with van der Waals surface area (Å²) in [6.07, 6.45) is 0.736. The average Bonchev–Trinajstić information content (AvgIpc) is 3.33. The van der Waals surface area contributed by atoms with E-state index in [1.807, 2.05) is 4.90 Å². The fraction of sp³-hybridized carbons (Fsp3) is 0.417. The summed E-state index contributed by atoms with van der Waals surface area (Å²) in [7, 11) is 1.60. The Morgan fingerprint density at radius 3 is 2.38 bits per heavy atom.